The van der Waals surface area contributed by atoms with Crippen molar-refractivity contribution in [2.24, 2.45) is 0 Å². The van der Waals surface area contributed by atoms with Crippen LogP contribution in [0.5, 0.6) is 0 Å². The molecule has 5 heteroatoms. The third-order valence-electron chi connectivity index (χ3n) is 3.84. The molecule has 0 radical (unpaired) electrons. The second kappa shape index (κ2) is 6.37. The predicted molar refractivity (Wildman–Crippen MR) is 83.2 cm³/mol. The van der Waals surface area contributed by atoms with E-state index in [-0.39, 0.29) is 6.04 Å². The van der Waals surface area contributed by atoms with Crippen LogP contribution in [0.15, 0.2) is 35.7 Å². The van der Waals surface area contributed by atoms with Crippen LogP contribution in [0, 0.1) is 0 Å². The zero-order valence-corrected chi connectivity index (χ0v) is 12.6. The standard InChI is InChI=1S/C16H18N2O2S/c19-16(20)14-8-4-5-9-18(14)10-13-11-21-15(17-13)12-6-2-1-3-7-12/h1-3,6-7,11,14H,4-5,8-10H2,(H,19,20). The highest BCUT2D eigenvalue weighted by molar-refractivity contribution is 7.13. The molecule has 1 unspecified atom stereocenters. The van der Waals surface area contributed by atoms with E-state index in [9.17, 15) is 9.90 Å². The highest BCUT2D eigenvalue weighted by Gasteiger charge is 2.28. The molecule has 0 amide bonds. The molecular formula is C16H18N2O2S. The average molecular weight is 302 g/mol. The van der Waals surface area contributed by atoms with E-state index in [2.05, 4.69) is 4.98 Å². The molecule has 1 saturated heterocycles. The number of hydrogen-bond donors (Lipinski definition) is 1. The van der Waals surface area contributed by atoms with Crippen LogP contribution >= 0.6 is 11.3 Å². The van der Waals surface area contributed by atoms with Crippen LogP contribution in [0.1, 0.15) is 25.0 Å². The third kappa shape index (κ3) is 3.31. The van der Waals surface area contributed by atoms with Crippen molar-refractivity contribution in [2.75, 3.05) is 6.54 Å². The van der Waals surface area contributed by atoms with Crippen molar-refractivity contribution >= 4 is 17.3 Å². The van der Waals surface area contributed by atoms with E-state index >= 15 is 0 Å². The summed E-state index contributed by atoms with van der Waals surface area (Å²) in [4.78, 5) is 18.0. The quantitative estimate of drug-likeness (QED) is 0.942. The highest BCUT2D eigenvalue weighted by atomic mass is 32.1. The monoisotopic (exact) mass is 302 g/mol. The Morgan fingerprint density at radius 3 is 2.90 bits per heavy atom. The van der Waals surface area contributed by atoms with E-state index in [1.807, 2.05) is 40.6 Å². The SMILES string of the molecule is O=C(O)C1CCCCN1Cc1csc(-c2ccccc2)n1. The van der Waals surface area contributed by atoms with Gasteiger partial charge in [-0.2, -0.15) is 0 Å². The largest absolute Gasteiger partial charge is 0.480 e. The fourth-order valence-corrected chi connectivity index (χ4v) is 3.58. The van der Waals surface area contributed by atoms with Gasteiger partial charge >= 0.3 is 5.97 Å². The minimum absolute atomic E-state index is 0.361. The lowest BCUT2D eigenvalue weighted by molar-refractivity contribution is -0.144. The molecule has 2 aromatic rings. The zero-order chi connectivity index (χ0) is 14.7. The van der Waals surface area contributed by atoms with Crippen LogP contribution in [0.3, 0.4) is 0 Å². The molecule has 2 heterocycles. The predicted octanol–water partition coefficient (Wildman–Crippen LogP) is 3.25. The van der Waals surface area contributed by atoms with Crippen molar-refractivity contribution in [3.63, 3.8) is 0 Å². The topological polar surface area (TPSA) is 53.4 Å². The highest BCUT2D eigenvalue weighted by Crippen LogP contribution is 2.25. The van der Waals surface area contributed by atoms with E-state index in [0.29, 0.717) is 6.54 Å². The summed E-state index contributed by atoms with van der Waals surface area (Å²) in [7, 11) is 0. The molecule has 1 aliphatic rings. The molecule has 1 aliphatic heterocycles. The van der Waals surface area contributed by atoms with E-state index in [4.69, 9.17) is 0 Å². The average Bonchev–Trinajstić information content (AvgIpc) is 2.97. The number of aliphatic carboxylic acids is 1. The maximum Gasteiger partial charge on any atom is 0.320 e. The second-order valence-electron chi connectivity index (χ2n) is 5.33. The summed E-state index contributed by atoms with van der Waals surface area (Å²) in [6, 6.07) is 9.72. The van der Waals surface area contributed by atoms with E-state index < -0.39 is 5.97 Å². The van der Waals surface area contributed by atoms with Crippen LogP contribution in [0.2, 0.25) is 0 Å². The Hall–Kier alpha value is -1.72. The van der Waals surface area contributed by atoms with Gasteiger partial charge in [0, 0.05) is 17.5 Å². The van der Waals surface area contributed by atoms with Gasteiger partial charge in [-0.25, -0.2) is 4.98 Å². The van der Waals surface area contributed by atoms with E-state index in [1.165, 1.54) is 0 Å². The number of thiazole rings is 1. The minimum atomic E-state index is -0.715. The van der Waals surface area contributed by atoms with Crippen LogP contribution in [-0.4, -0.2) is 33.5 Å². The lowest BCUT2D eigenvalue weighted by Crippen LogP contribution is -2.44. The number of aromatic nitrogens is 1. The van der Waals surface area contributed by atoms with Gasteiger partial charge in [-0.05, 0) is 19.4 Å². The van der Waals surface area contributed by atoms with Crippen molar-refractivity contribution in [1.82, 2.24) is 9.88 Å². The van der Waals surface area contributed by atoms with E-state index in [1.54, 1.807) is 11.3 Å². The van der Waals surface area contributed by atoms with Crippen LogP contribution in [0.25, 0.3) is 10.6 Å². The lowest BCUT2D eigenvalue weighted by atomic mass is 10.0. The fourth-order valence-electron chi connectivity index (χ4n) is 2.76. The Bertz CT molecular complexity index is 612. The molecule has 1 N–H and O–H groups in total. The summed E-state index contributed by atoms with van der Waals surface area (Å²) >= 11 is 1.62. The Morgan fingerprint density at radius 2 is 2.14 bits per heavy atom. The minimum Gasteiger partial charge on any atom is -0.480 e. The maximum atomic E-state index is 11.3. The third-order valence-corrected chi connectivity index (χ3v) is 4.78. The smallest absolute Gasteiger partial charge is 0.320 e. The summed E-state index contributed by atoms with van der Waals surface area (Å²) in [6.07, 6.45) is 2.81. The molecule has 0 saturated carbocycles. The van der Waals surface area contributed by atoms with Crippen LogP contribution < -0.4 is 0 Å². The summed E-state index contributed by atoms with van der Waals surface area (Å²) in [5.74, 6) is -0.715. The maximum absolute atomic E-state index is 11.3. The number of rotatable bonds is 4. The normalized spacial score (nSPS) is 19.5. The summed E-state index contributed by atoms with van der Waals surface area (Å²) < 4.78 is 0. The number of carbonyl (C=O) groups is 1. The number of nitrogens with zero attached hydrogens (tertiary/aromatic N) is 2. The molecule has 110 valence electrons. The van der Waals surface area contributed by atoms with Gasteiger partial charge in [0.1, 0.15) is 11.0 Å². The van der Waals surface area contributed by atoms with Crippen LogP contribution in [-0.2, 0) is 11.3 Å². The number of likely N-dealkylation sites (tertiary alicyclic amines) is 1. The molecule has 0 aliphatic carbocycles. The number of carboxylic acids is 1. The fraction of sp³-hybridized carbons (Fsp3) is 0.375. The van der Waals surface area contributed by atoms with Crippen molar-refractivity contribution in [2.45, 2.75) is 31.8 Å². The van der Waals surface area contributed by atoms with Gasteiger partial charge in [0.05, 0.1) is 5.69 Å². The molecule has 0 bridgehead atoms. The number of benzene rings is 1. The molecule has 1 aromatic carbocycles. The number of piperidine rings is 1. The zero-order valence-electron chi connectivity index (χ0n) is 11.7. The molecule has 3 rings (SSSR count). The summed E-state index contributed by atoms with van der Waals surface area (Å²) in [5.41, 5.74) is 2.08. The summed E-state index contributed by atoms with van der Waals surface area (Å²) in [6.45, 7) is 1.47. The van der Waals surface area contributed by atoms with Gasteiger partial charge in [-0.3, -0.25) is 9.69 Å². The molecule has 0 spiro atoms. The first-order valence-electron chi connectivity index (χ1n) is 7.21. The van der Waals surface area contributed by atoms with Gasteiger partial charge in [-0.1, -0.05) is 36.8 Å². The number of carboxylic acid groups (broad SMARTS) is 1. The second-order valence-corrected chi connectivity index (χ2v) is 6.19. The van der Waals surface area contributed by atoms with Crippen molar-refractivity contribution in [1.29, 1.82) is 0 Å². The van der Waals surface area contributed by atoms with Gasteiger partial charge in [0.25, 0.3) is 0 Å². The Labute approximate surface area is 128 Å². The van der Waals surface area contributed by atoms with Crippen molar-refractivity contribution in [3.8, 4) is 10.6 Å². The molecule has 1 atom stereocenters. The van der Waals surface area contributed by atoms with Gasteiger partial charge in [0.15, 0.2) is 0 Å². The van der Waals surface area contributed by atoms with Crippen LogP contribution in [0.4, 0.5) is 0 Å². The molecule has 21 heavy (non-hydrogen) atoms. The first kappa shape index (κ1) is 14.2. The van der Waals surface area contributed by atoms with E-state index in [0.717, 1.165) is 42.1 Å². The Kier molecular flexibility index (Phi) is 4.31. The van der Waals surface area contributed by atoms with Gasteiger partial charge in [0.2, 0.25) is 0 Å². The molecule has 4 nitrogen and oxygen atoms in total. The van der Waals surface area contributed by atoms with Gasteiger partial charge in [-0.15, -0.1) is 11.3 Å². The first-order chi connectivity index (χ1) is 10.2. The van der Waals surface area contributed by atoms with Gasteiger partial charge < -0.3 is 5.11 Å². The molecule has 1 aromatic heterocycles. The molecular weight excluding hydrogens is 284 g/mol. The Morgan fingerprint density at radius 1 is 1.33 bits per heavy atom. The lowest BCUT2D eigenvalue weighted by Gasteiger charge is -2.32. The summed E-state index contributed by atoms with van der Waals surface area (Å²) in [5, 5.41) is 12.3. The Balaban J connectivity index is 1.73. The van der Waals surface area contributed by atoms with Crippen molar-refractivity contribution < 1.29 is 9.90 Å². The van der Waals surface area contributed by atoms with Crippen molar-refractivity contribution in [3.05, 3.63) is 41.4 Å². The number of hydrogen-bond acceptors (Lipinski definition) is 4. The molecule has 1 fully saturated rings. The first-order valence-corrected chi connectivity index (χ1v) is 8.08.